The monoisotopic (exact) mass is 426 g/mol. The second kappa shape index (κ2) is 6.78. The summed E-state index contributed by atoms with van der Waals surface area (Å²) in [4.78, 5) is 3.99. The number of sulfonamides is 1. The molecule has 0 amide bonds. The van der Waals surface area contributed by atoms with Crippen molar-refractivity contribution in [3.63, 3.8) is 0 Å². The van der Waals surface area contributed by atoms with Gasteiger partial charge in [-0.3, -0.25) is 4.68 Å². The summed E-state index contributed by atoms with van der Waals surface area (Å²) in [5.41, 5.74) is 2.07. The minimum Gasteiger partial charge on any atom is -0.270 e. The molecule has 0 radical (unpaired) electrons. The average molecular weight is 427 g/mol. The lowest BCUT2D eigenvalue weighted by Crippen LogP contribution is -2.38. The van der Waals surface area contributed by atoms with Gasteiger partial charge in [0.05, 0.1) is 5.69 Å². The molecule has 0 atom stereocenters. The highest BCUT2D eigenvalue weighted by molar-refractivity contribution is 7.89. The number of pyridine rings is 1. The molecule has 1 aliphatic rings. The van der Waals surface area contributed by atoms with Crippen molar-refractivity contribution < 1.29 is 12.8 Å². The van der Waals surface area contributed by atoms with Crippen LogP contribution in [0.25, 0.3) is 5.65 Å². The summed E-state index contributed by atoms with van der Waals surface area (Å²) in [6.07, 6.45) is 4.27. The molecule has 11 heteroatoms. The molecular weight excluding hydrogens is 407 g/mol. The van der Waals surface area contributed by atoms with Gasteiger partial charge in [0.25, 0.3) is 0 Å². The summed E-state index contributed by atoms with van der Waals surface area (Å²) in [5.74, 6) is -0.345. The van der Waals surface area contributed by atoms with Gasteiger partial charge in [-0.2, -0.15) is 14.5 Å². The van der Waals surface area contributed by atoms with E-state index in [-0.39, 0.29) is 27.4 Å². The van der Waals surface area contributed by atoms with Gasteiger partial charge in [0.15, 0.2) is 16.6 Å². The number of aryl methyl sites for hydroxylation is 1. The van der Waals surface area contributed by atoms with Crippen molar-refractivity contribution in [2.45, 2.75) is 37.5 Å². The van der Waals surface area contributed by atoms with E-state index in [9.17, 15) is 12.8 Å². The number of fused-ring (bicyclic) bond motifs is 1. The zero-order valence-electron chi connectivity index (χ0n) is 15.7. The summed E-state index contributed by atoms with van der Waals surface area (Å²) < 4.78 is 45.0. The average Bonchev–Trinajstić information content (AvgIpc) is 3.22. The van der Waals surface area contributed by atoms with Gasteiger partial charge in [0.1, 0.15) is 11.2 Å². The normalized spacial score (nSPS) is 16.9. The predicted octanol–water partition coefficient (Wildman–Crippen LogP) is 2.44. The lowest BCUT2D eigenvalue weighted by Gasteiger charge is -2.32. The summed E-state index contributed by atoms with van der Waals surface area (Å²) in [5, 5.41) is 8.01. The summed E-state index contributed by atoms with van der Waals surface area (Å²) >= 11 is 6.07. The second-order valence-corrected chi connectivity index (χ2v) is 9.29. The molecule has 28 heavy (non-hydrogen) atoms. The van der Waals surface area contributed by atoms with Crippen LogP contribution in [0.15, 0.2) is 17.4 Å². The van der Waals surface area contributed by atoms with Crippen LogP contribution in [0.1, 0.15) is 35.6 Å². The maximum absolute atomic E-state index is 14.6. The maximum Gasteiger partial charge on any atom is 0.248 e. The molecule has 3 aromatic heterocycles. The molecule has 1 saturated heterocycles. The third-order valence-electron chi connectivity index (χ3n) is 5.52. The van der Waals surface area contributed by atoms with Crippen LogP contribution in [0.5, 0.6) is 0 Å². The molecule has 0 N–H and O–H groups in total. The van der Waals surface area contributed by atoms with Crippen molar-refractivity contribution in [3.05, 3.63) is 40.3 Å². The van der Waals surface area contributed by atoms with Gasteiger partial charge in [-0.15, -0.1) is 0 Å². The minimum atomic E-state index is -3.74. The van der Waals surface area contributed by atoms with Gasteiger partial charge in [-0.25, -0.2) is 22.3 Å². The van der Waals surface area contributed by atoms with Crippen LogP contribution in [0.2, 0.25) is 5.15 Å². The van der Waals surface area contributed by atoms with E-state index < -0.39 is 10.0 Å². The molecule has 8 nitrogen and oxygen atoms in total. The van der Waals surface area contributed by atoms with Gasteiger partial charge >= 0.3 is 0 Å². The maximum atomic E-state index is 14.6. The number of halogens is 2. The molecule has 0 saturated carbocycles. The van der Waals surface area contributed by atoms with E-state index in [0.717, 1.165) is 5.56 Å². The molecule has 1 aliphatic heterocycles. The molecule has 1 fully saturated rings. The molecule has 0 aromatic carbocycles. The summed E-state index contributed by atoms with van der Waals surface area (Å²) in [6, 6.07) is 0. The van der Waals surface area contributed by atoms with E-state index >= 15 is 0 Å². The van der Waals surface area contributed by atoms with E-state index in [0.29, 0.717) is 37.2 Å². The first-order valence-electron chi connectivity index (χ1n) is 8.89. The van der Waals surface area contributed by atoms with Gasteiger partial charge < -0.3 is 0 Å². The molecule has 4 heterocycles. The van der Waals surface area contributed by atoms with Crippen LogP contribution in [0, 0.1) is 19.7 Å². The molecule has 0 aliphatic carbocycles. The van der Waals surface area contributed by atoms with Gasteiger partial charge in [-0.1, -0.05) is 11.6 Å². The Morgan fingerprint density at radius 1 is 1.25 bits per heavy atom. The predicted molar refractivity (Wildman–Crippen MR) is 101 cm³/mol. The van der Waals surface area contributed by atoms with Crippen LogP contribution < -0.4 is 0 Å². The zero-order chi connectivity index (χ0) is 20.2. The summed E-state index contributed by atoms with van der Waals surface area (Å²) in [6.45, 7) is 4.06. The van der Waals surface area contributed by atoms with Crippen LogP contribution in [-0.4, -0.2) is 50.2 Å². The molecule has 0 bridgehead atoms. The van der Waals surface area contributed by atoms with Crippen molar-refractivity contribution in [1.82, 2.24) is 28.7 Å². The Hall–Kier alpha value is -2.04. The van der Waals surface area contributed by atoms with Gasteiger partial charge in [0.2, 0.25) is 10.0 Å². The third-order valence-corrected chi connectivity index (χ3v) is 7.95. The Kier molecular flexibility index (Phi) is 4.67. The van der Waals surface area contributed by atoms with Crippen LogP contribution in [-0.2, 0) is 17.1 Å². The lowest BCUT2D eigenvalue weighted by molar-refractivity contribution is 0.318. The van der Waals surface area contributed by atoms with E-state index in [2.05, 4.69) is 15.2 Å². The summed E-state index contributed by atoms with van der Waals surface area (Å²) in [7, 11) is -2.08. The first-order chi connectivity index (χ1) is 13.2. The Morgan fingerprint density at radius 2 is 1.93 bits per heavy atom. The number of aromatic nitrogens is 5. The fourth-order valence-corrected chi connectivity index (χ4v) is 6.07. The Bertz CT molecular complexity index is 1160. The molecule has 4 rings (SSSR count). The Labute approximate surface area is 167 Å². The topological polar surface area (TPSA) is 85.4 Å². The highest BCUT2D eigenvalue weighted by Gasteiger charge is 2.35. The fourth-order valence-electron chi connectivity index (χ4n) is 3.81. The number of piperidine rings is 1. The zero-order valence-corrected chi connectivity index (χ0v) is 17.3. The van der Waals surface area contributed by atoms with Gasteiger partial charge in [0, 0.05) is 26.3 Å². The molecule has 0 unspecified atom stereocenters. The van der Waals surface area contributed by atoms with E-state index in [4.69, 9.17) is 11.6 Å². The van der Waals surface area contributed by atoms with Crippen LogP contribution >= 0.6 is 11.6 Å². The van der Waals surface area contributed by atoms with E-state index in [1.807, 2.05) is 0 Å². The molecule has 150 valence electrons. The van der Waals surface area contributed by atoms with Crippen molar-refractivity contribution in [1.29, 1.82) is 0 Å². The fraction of sp³-hybridized carbons (Fsp3) is 0.471. The van der Waals surface area contributed by atoms with Gasteiger partial charge in [-0.05, 0) is 43.7 Å². The number of nitrogens with zero attached hydrogens (tertiary/aromatic N) is 6. The Balaban J connectivity index is 1.59. The number of hydrogen-bond acceptors (Lipinski definition) is 5. The van der Waals surface area contributed by atoms with Crippen molar-refractivity contribution in [2.75, 3.05) is 13.1 Å². The van der Waals surface area contributed by atoms with Crippen molar-refractivity contribution in [2.24, 2.45) is 7.05 Å². The quantitative estimate of drug-likeness (QED) is 0.642. The molecule has 3 aromatic rings. The van der Waals surface area contributed by atoms with Crippen molar-refractivity contribution >= 4 is 27.3 Å². The van der Waals surface area contributed by atoms with Crippen LogP contribution in [0.3, 0.4) is 0 Å². The van der Waals surface area contributed by atoms with Crippen molar-refractivity contribution in [3.8, 4) is 0 Å². The highest BCUT2D eigenvalue weighted by Crippen LogP contribution is 2.35. The Morgan fingerprint density at radius 3 is 2.54 bits per heavy atom. The number of hydrogen-bond donors (Lipinski definition) is 0. The number of rotatable bonds is 3. The third kappa shape index (κ3) is 2.90. The van der Waals surface area contributed by atoms with Crippen LogP contribution in [0.4, 0.5) is 4.39 Å². The van der Waals surface area contributed by atoms with E-state index in [1.54, 1.807) is 27.1 Å². The largest absolute Gasteiger partial charge is 0.270 e. The first-order valence-corrected chi connectivity index (χ1v) is 10.7. The minimum absolute atomic E-state index is 0.0170. The second-order valence-electron chi connectivity index (χ2n) is 7.06. The highest BCUT2D eigenvalue weighted by atomic mass is 35.5. The smallest absolute Gasteiger partial charge is 0.248 e. The lowest BCUT2D eigenvalue weighted by atomic mass is 9.88. The molecular formula is C17H20ClFN6O2S. The molecule has 0 spiro atoms. The standard InChI is InChI=1S/C17H20ClFN6O2S/c1-10-13(8-25-17(14(10)19)20-9-21-25)12-4-6-24(7-5-12)28(26,27)15-11(2)23(3)22-16(15)18/h8-9,12H,4-7H2,1-3H3. The SMILES string of the molecule is Cc1c(C2CCN(S(=O)(=O)c3c(Cl)nn(C)c3C)CC2)cn2ncnc2c1F. The van der Waals surface area contributed by atoms with E-state index in [1.165, 1.54) is 19.8 Å². The first kappa shape index (κ1) is 19.3.